The summed E-state index contributed by atoms with van der Waals surface area (Å²) in [5.41, 5.74) is 3.52. The number of nitrogens with one attached hydrogen (secondary N) is 1. The van der Waals surface area contributed by atoms with Crippen LogP contribution in [0.4, 0.5) is 5.69 Å². The van der Waals surface area contributed by atoms with Gasteiger partial charge in [-0.05, 0) is 19.9 Å². The molecule has 4 heteroatoms. The second-order valence-electron chi connectivity index (χ2n) is 5.11. The Morgan fingerprint density at radius 3 is 2.79 bits per heavy atom. The predicted octanol–water partition coefficient (Wildman–Crippen LogP) is 2.36. The molecule has 0 saturated heterocycles. The van der Waals surface area contributed by atoms with Crippen molar-refractivity contribution in [3.8, 4) is 0 Å². The number of aryl methyl sites for hydroxylation is 1. The van der Waals surface area contributed by atoms with Gasteiger partial charge in [0.25, 0.3) is 0 Å². The van der Waals surface area contributed by atoms with Gasteiger partial charge in [0.15, 0.2) is 0 Å². The van der Waals surface area contributed by atoms with E-state index in [9.17, 15) is 0 Å². The first kappa shape index (κ1) is 15.9. The Morgan fingerprint density at radius 1 is 1.42 bits per heavy atom. The number of anilines is 1. The molecule has 0 aromatic carbocycles. The standard InChI is InChI=1S/C15H27N3O/c1-6-19-8-7-18(5)15-9-13(4)17-11-14(15)10-16-12(2)3/h9,11-12,16H,6-8,10H2,1-5H3. The molecule has 0 aliphatic heterocycles. The fraction of sp³-hybridized carbons (Fsp3) is 0.667. The third-order valence-corrected chi connectivity index (χ3v) is 2.99. The van der Waals surface area contributed by atoms with E-state index in [1.807, 2.05) is 20.0 Å². The molecule has 1 N–H and O–H groups in total. The van der Waals surface area contributed by atoms with Crippen molar-refractivity contribution in [1.29, 1.82) is 0 Å². The highest BCUT2D eigenvalue weighted by Crippen LogP contribution is 2.19. The second-order valence-corrected chi connectivity index (χ2v) is 5.11. The van der Waals surface area contributed by atoms with Gasteiger partial charge in [-0.25, -0.2) is 0 Å². The SMILES string of the molecule is CCOCCN(C)c1cc(C)ncc1CNC(C)C. The zero-order valence-corrected chi connectivity index (χ0v) is 12.9. The van der Waals surface area contributed by atoms with Crippen LogP contribution in [-0.4, -0.2) is 37.8 Å². The molecule has 0 aliphatic carbocycles. The highest BCUT2D eigenvalue weighted by atomic mass is 16.5. The molecular weight excluding hydrogens is 238 g/mol. The lowest BCUT2D eigenvalue weighted by Gasteiger charge is -2.23. The number of aromatic nitrogens is 1. The van der Waals surface area contributed by atoms with Crippen molar-refractivity contribution < 1.29 is 4.74 Å². The molecule has 0 unspecified atom stereocenters. The molecule has 1 aromatic rings. The Bertz CT molecular complexity index is 380. The molecular formula is C15H27N3O. The molecule has 0 atom stereocenters. The third kappa shape index (κ3) is 5.57. The van der Waals surface area contributed by atoms with E-state index in [4.69, 9.17) is 4.74 Å². The van der Waals surface area contributed by atoms with Crippen molar-refractivity contribution in [3.63, 3.8) is 0 Å². The molecule has 0 aliphatic rings. The summed E-state index contributed by atoms with van der Waals surface area (Å²) in [5, 5.41) is 3.45. The maximum atomic E-state index is 5.42. The summed E-state index contributed by atoms with van der Waals surface area (Å²) in [6.07, 6.45) is 1.97. The zero-order valence-electron chi connectivity index (χ0n) is 12.9. The summed E-state index contributed by atoms with van der Waals surface area (Å²) < 4.78 is 5.42. The molecule has 1 rings (SSSR count). The lowest BCUT2D eigenvalue weighted by atomic mass is 10.2. The molecule has 0 saturated carbocycles. The fourth-order valence-electron chi connectivity index (χ4n) is 1.85. The first-order chi connectivity index (χ1) is 9.04. The summed E-state index contributed by atoms with van der Waals surface area (Å²) in [6.45, 7) is 11.6. The van der Waals surface area contributed by atoms with Gasteiger partial charge in [0.2, 0.25) is 0 Å². The molecule has 19 heavy (non-hydrogen) atoms. The van der Waals surface area contributed by atoms with Gasteiger partial charge in [0.1, 0.15) is 0 Å². The number of hydrogen-bond donors (Lipinski definition) is 1. The normalized spacial score (nSPS) is 11.1. The molecule has 0 radical (unpaired) electrons. The van der Waals surface area contributed by atoms with E-state index in [1.54, 1.807) is 0 Å². The summed E-state index contributed by atoms with van der Waals surface area (Å²) >= 11 is 0. The van der Waals surface area contributed by atoms with Crippen molar-refractivity contribution >= 4 is 5.69 Å². The number of rotatable bonds is 8. The van der Waals surface area contributed by atoms with Crippen molar-refractivity contribution in [2.75, 3.05) is 31.7 Å². The molecule has 0 spiro atoms. The highest BCUT2D eigenvalue weighted by molar-refractivity contribution is 5.53. The quantitative estimate of drug-likeness (QED) is 0.732. The van der Waals surface area contributed by atoms with Gasteiger partial charge in [-0.1, -0.05) is 13.8 Å². The van der Waals surface area contributed by atoms with Crippen molar-refractivity contribution in [2.24, 2.45) is 0 Å². The Labute approximate surface area is 117 Å². The van der Waals surface area contributed by atoms with Crippen LogP contribution >= 0.6 is 0 Å². The summed E-state index contributed by atoms with van der Waals surface area (Å²) in [6, 6.07) is 2.62. The van der Waals surface area contributed by atoms with Crippen LogP contribution in [0.1, 0.15) is 32.0 Å². The van der Waals surface area contributed by atoms with Crippen LogP contribution in [-0.2, 0) is 11.3 Å². The topological polar surface area (TPSA) is 37.4 Å². The summed E-state index contributed by atoms with van der Waals surface area (Å²) in [4.78, 5) is 6.64. The van der Waals surface area contributed by atoms with E-state index in [0.29, 0.717) is 6.04 Å². The first-order valence-corrected chi connectivity index (χ1v) is 7.02. The van der Waals surface area contributed by atoms with Gasteiger partial charge >= 0.3 is 0 Å². The van der Waals surface area contributed by atoms with Crippen molar-refractivity contribution in [2.45, 2.75) is 40.3 Å². The van der Waals surface area contributed by atoms with Crippen LogP contribution in [0.15, 0.2) is 12.3 Å². The molecule has 1 heterocycles. The Morgan fingerprint density at radius 2 is 2.16 bits per heavy atom. The van der Waals surface area contributed by atoms with E-state index in [1.165, 1.54) is 11.3 Å². The number of pyridine rings is 1. The lowest BCUT2D eigenvalue weighted by molar-refractivity contribution is 0.154. The van der Waals surface area contributed by atoms with Gasteiger partial charge in [-0.15, -0.1) is 0 Å². The smallest absolute Gasteiger partial charge is 0.0641 e. The van der Waals surface area contributed by atoms with Crippen LogP contribution in [0.3, 0.4) is 0 Å². The number of nitrogens with zero attached hydrogens (tertiary/aromatic N) is 2. The van der Waals surface area contributed by atoms with E-state index in [2.05, 4.69) is 42.2 Å². The number of ether oxygens (including phenoxy) is 1. The van der Waals surface area contributed by atoms with E-state index in [0.717, 1.165) is 32.0 Å². The third-order valence-electron chi connectivity index (χ3n) is 2.99. The maximum absolute atomic E-state index is 5.42. The monoisotopic (exact) mass is 265 g/mol. The Balaban J connectivity index is 2.74. The molecule has 0 bridgehead atoms. The molecule has 0 amide bonds. The van der Waals surface area contributed by atoms with Gasteiger partial charge in [0.05, 0.1) is 6.61 Å². The zero-order chi connectivity index (χ0) is 14.3. The van der Waals surface area contributed by atoms with Gasteiger partial charge < -0.3 is 15.0 Å². The van der Waals surface area contributed by atoms with Gasteiger partial charge in [-0.3, -0.25) is 4.98 Å². The lowest BCUT2D eigenvalue weighted by Crippen LogP contribution is -2.27. The number of likely N-dealkylation sites (N-methyl/N-ethyl adjacent to an activating group) is 1. The summed E-state index contributed by atoms with van der Waals surface area (Å²) in [5.74, 6) is 0. The molecule has 1 aromatic heterocycles. The van der Waals surface area contributed by atoms with E-state index in [-0.39, 0.29) is 0 Å². The average Bonchev–Trinajstić information content (AvgIpc) is 2.37. The summed E-state index contributed by atoms with van der Waals surface area (Å²) in [7, 11) is 2.10. The minimum absolute atomic E-state index is 0.475. The second kappa shape index (κ2) is 8.12. The molecule has 108 valence electrons. The minimum atomic E-state index is 0.475. The molecule has 0 fully saturated rings. The van der Waals surface area contributed by atoms with Crippen LogP contribution in [0.25, 0.3) is 0 Å². The highest BCUT2D eigenvalue weighted by Gasteiger charge is 2.09. The van der Waals surface area contributed by atoms with Crippen LogP contribution in [0.2, 0.25) is 0 Å². The minimum Gasteiger partial charge on any atom is -0.380 e. The Kier molecular flexibility index (Phi) is 6.81. The van der Waals surface area contributed by atoms with E-state index >= 15 is 0 Å². The van der Waals surface area contributed by atoms with E-state index < -0.39 is 0 Å². The van der Waals surface area contributed by atoms with Crippen LogP contribution in [0.5, 0.6) is 0 Å². The van der Waals surface area contributed by atoms with Crippen molar-refractivity contribution in [3.05, 3.63) is 23.5 Å². The number of hydrogen-bond acceptors (Lipinski definition) is 4. The van der Waals surface area contributed by atoms with Crippen LogP contribution in [0, 0.1) is 6.92 Å². The average molecular weight is 265 g/mol. The van der Waals surface area contributed by atoms with Gasteiger partial charge in [0, 0.05) is 55.9 Å². The largest absolute Gasteiger partial charge is 0.380 e. The van der Waals surface area contributed by atoms with Crippen molar-refractivity contribution in [1.82, 2.24) is 10.3 Å². The first-order valence-electron chi connectivity index (χ1n) is 7.02. The predicted molar refractivity (Wildman–Crippen MR) is 80.7 cm³/mol. The van der Waals surface area contributed by atoms with Crippen LogP contribution < -0.4 is 10.2 Å². The fourth-order valence-corrected chi connectivity index (χ4v) is 1.85. The maximum Gasteiger partial charge on any atom is 0.0641 e. The van der Waals surface area contributed by atoms with Gasteiger partial charge in [-0.2, -0.15) is 0 Å². The Hall–Kier alpha value is -1.13. The molecule has 4 nitrogen and oxygen atoms in total.